The topological polar surface area (TPSA) is 81.4 Å². The Morgan fingerprint density at radius 1 is 1.35 bits per heavy atom. The van der Waals surface area contributed by atoms with Gasteiger partial charge in [0.05, 0.1) is 13.0 Å². The van der Waals surface area contributed by atoms with Crippen molar-refractivity contribution in [1.29, 1.82) is 0 Å². The van der Waals surface area contributed by atoms with Crippen LogP contribution in [0.25, 0.3) is 0 Å². The Bertz CT molecular complexity index is 273. The van der Waals surface area contributed by atoms with E-state index in [1.165, 1.54) is 7.11 Å². The lowest BCUT2D eigenvalue weighted by molar-refractivity contribution is -0.144. The molecule has 1 atom stereocenters. The molecule has 1 rings (SSSR count). The van der Waals surface area contributed by atoms with Gasteiger partial charge in [-0.05, 0) is 25.7 Å². The van der Waals surface area contributed by atoms with Gasteiger partial charge in [-0.2, -0.15) is 0 Å². The van der Waals surface area contributed by atoms with E-state index in [2.05, 4.69) is 10.1 Å². The van der Waals surface area contributed by atoms with Crippen LogP contribution < -0.4 is 11.1 Å². The van der Waals surface area contributed by atoms with Gasteiger partial charge in [-0.1, -0.05) is 6.92 Å². The maximum absolute atomic E-state index is 11.2. The van der Waals surface area contributed by atoms with E-state index in [1.807, 2.05) is 6.92 Å². The van der Waals surface area contributed by atoms with Crippen LogP contribution in [0.3, 0.4) is 0 Å². The van der Waals surface area contributed by atoms with Crippen molar-refractivity contribution >= 4 is 11.9 Å². The molecule has 1 aliphatic carbocycles. The first kappa shape index (κ1) is 14.0. The maximum Gasteiger partial charge on any atom is 0.309 e. The Labute approximate surface area is 102 Å². The van der Waals surface area contributed by atoms with E-state index >= 15 is 0 Å². The van der Waals surface area contributed by atoms with Gasteiger partial charge in [0.15, 0.2) is 0 Å². The molecule has 1 amide bonds. The van der Waals surface area contributed by atoms with Gasteiger partial charge >= 0.3 is 5.97 Å². The van der Waals surface area contributed by atoms with E-state index in [0.717, 1.165) is 25.7 Å². The summed E-state index contributed by atoms with van der Waals surface area (Å²) >= 11 is 0. The van der Waals surface area contributed by atoms with Gasteiger partial charge in [-0.15, -0.1) is 0 Å². The molecule has 1 aliphatic rings. The quantitative estimate of drug-likeness (QED) is 0.685. The van der Waals surface area contributed by atoms with Gasteiger partial charge in [-0.25, -0.2) is 0 Å². The lowest BCUT2D eigenvalue weighted by atomic mass is 9.85. The summed E-state index contributed by atoms with van der Waals surface area (Å²) in [6.07, 6.45) is 3.59. The summed E-state index contributed by atoms with van der Waals surface area (Å²) in [5.41, 5.74) is 5.27. The average Bonchev–Trinajstić information content (AvgIpc) is 2.35. The number of amides is 1. The Hall–Kier alpha value is -1.10. The van der Waals surface area contributed by atoms with Crippen molar-refractivity contribution in [2.45, 2.75) is 38.6 Å². The molecular formula is C12H22N2O3. The van der Waals surface area contributed by atoms with Crippen LogP contribution in [0.15, 0.2) is 0 Å². The van der Waals surface area contributed by atoms with Crippen molar-refractivity contribution in [2.24, 2.45) is 17.6 Å². The van der Waals surface area contributed by atoms with Gasteiger partial charge in [0.1, 0.15) is 0 Å². The van der Waals surface area contributed by atoms with Crippen LogP contribution in [-0.2, 0) is 14.3 Å². The fourth-order valence-electron chi connectivity index (χ4n) is 2.21. The van der Waals surface area contributed by atoms with Gasteiger partial charge < -0.3 is 15.8 Å². The highest BCUT2D eigenvalue weighted by atomic mass is 16.5. The van der Waals surface area contributed by atoms with Crippen molar-refractivity contribution < 1.29 is 14.3 Å². The molecule has 1 fully saturated rings. The van der Waals surface area contributed by atoms with Crippen LogP contribution in [0.5, 0.6) is 0 Å². The highest BCUT2D eigenvalue weighted by Gasteiger charge is 2.25. The normalized spacial score (nSPS) is 26.2. The minimum Gasteiger partial charge on any atom is -0.469 e. The van der Waals surface area contributed by atoms with E-state index in [4.69, 9.17) is 5.73 Å². The molecule has 1 unspecified atom stereocenters. The van der Waals surface area contributed by atoms with Crippen LogP contribution in [0.1, 0.15) is 32.6 Å². The minimum atomic E-state index is -0.191. The van der Waals surface area contributed by atoms with Crippen molar-refractivity contribution in [1.82, 2.24) is 5.32 Å². The lowest BCUT2D eigenvalue weighted by Crippen LogP contribution is -2.39. The summed E-state index contributed by atoms with van der Waals surface area (Å²) in [4.78, 5) is 22.2. The number of rotatable bonds is 5. The summed E-state index contributed by atoms with van der Waals surface area (Å²) in [6, 6.07) is 0.387. The molecule has 0 spiro atoms. The Morgan fingerprint density at radius 3 is 2.41 bits per heavy atom. The Balaban J connectivity index is 2.22. The fraction of sp³-hybridized carbons (Fsp3) is 0.833. The van der Waals surface area contributed by atoms with Gasteiger partial charge in [-0.3, -0.25) is 9.59 Å². The maximum atomic E-state index is 11.2. The summed E-state index contributed by atoms with van der Waals surface area (Å²) in [5, 5.41) is 3.34. The lowest BCUT2D eigenvalue weighted by Gasteiger charge is -2.28. The van der Waals surface area contributed by atoms with Crippen molar-refractivity contribution in [2.75, 3.05) is 13.7 Å². The number of primary amides is 1. The van der Waals surface area contributed by atoms with Gasteiger partial charge in [0, 0.05) is 18.5 Å². The van der Waals surface area contributed by atoms with Crippen molar-refractivity contribution in [3.8, 4) is 0 Å². The first-order chi connectivity index (χ1) is 8.04. The highest BCUT2D eigenvalue weighted by molar-refractivity contribution is 5.76. The molecule has 0 radical (unpaired) electrons. The largest absolute Gasteiger partial charge is 0.469 e. The summed E-state index contributed by atoms with van der Waals surface area (Å²) in [7, 11) is 1.40. The molecule has 0 aromatic rings. The summed E-state index contributed by atoms with van der Waals surface area (Å²) in [6.45, 7) is 2.46. The van der Waals surface area contributed by atoms with Crippen LogP contribution in [0, 0.1) is 11.8 Å². The second-order valence-corrected chi connectivity index (χ2v) is 4.78. The van der Waals surface area contributed by atoms with E-state index in [1.54, 1.807) is 0 Å². The summed E-state index contributed by atoms with van der Waals surface area (Å²) < 4.78 is 4.66. The van der Waals surface area contributed by atoms with Crippen LogP contribution in [-0.4, -0.2) is 31.6 Å². The molecule has 0 aliphatic heterocycles. The van der Waals surface area contributed by atoms with E-state index in [-0.39, 0.29) is 23.7 Å². The number of hydrogen-bond donors (Lipinski definition) is 2. The predicted molar refractivity (Wildman–Crippen MR) is 64.1 cm³/mol. The number of nitrogens with one attached hydrogen (secondary N) is 1. The number of hydrogen-bond acceptors (Lipinski definition) is 4. The van der Waals surface area contributed by atoms with E-state index in [9.17, 15) is 9.59 Å². The monoisotopic (exact) mass is 242 g/mol. The zero-order valence-electron chi connectivity index (χ0n) is 10.6. The third-order valence-corrected chi connectivity index (χ3v) is 3.45. The smallest absolute Gasteiger partial charge is 0.309 e. The zero-order valence-corrected chi connectivity index (χ0v) is 10.6. The SMILES string of the molecule is COC(=O)C(C)CNC1CCC(C(N)=O)CC1. The zero-order chi connectivity index (χ0) is 12.8. The third-order valence-electron chi connectivity index (χ3n) is 3.45. The average molecular weight is 242 g/mol. The molecule has 0 heterocycles. The first-order valence-corrected chi connectivity index (χ1v) is 6.15. The third kappa shape index (κ3) is 4.34. The van der Waals surface area contributed by atoms with Crippen molar-refractivity contribution in [3.63, 3.8) is 0 Å². The predicted octanol–water partition coefficient (Wildman–Crippen LogP) is 0.429. The Kier molecular flexibility index (Phi) is 5.41. The standard InChI is InChI=1S/C12H22N2O3/c1-8(12(16)17-2)7-14-10-5-3-9(4-6-10)11(13)15/h8-10,14H,3-7H2,1-2H3,(H2,13,15). The number of methoxy groups -OCH3 is 1. The first-order valence-electron chi connectivity index (χ1n) is 6.15. The molecule has 0 aromatic carbocycles. The molecule has 0 aromatic heterocycles. The molecule has 3 N–H and O–H groups in total. The molecule has 1 saturated carbocycles. The molecule has 0 saturated heterocycles. The minimum absolute atomic E-state index is 0.0334. The molecule has 17 heavy (non-hydrogen) atoms. The second kappa shape index (κ2) is 6.59. The van der Waals surface area contributed by atoms with Crippen molar-refractivity contribution in [3.05, 3.63) is 0 Å². The Morgan fingerprint density at radius 2 is 1.94 bits per heavy atom. The second-order valence-electron chi connectivity index (χ2n) is 4.78. The fourth-order valence-corrected chi connectivity index (χ4v) is 2.21. The van der Waals surface area contributed by atoms with Gasteiger partial charge in [0.2, 0.25) is 5.91 Å². The molecule has 98 valence electrons. The number of esters is 1. The van der Waals surface area contributed by atoms with Crippen LogP contribution in [0.4, 0.5) is 0 Å². The van der Waals surface area contributed by atoms with Crippen LogP contribution in [0.2, 0.25) is 0 Å². The molecule has 5 heteroatoms. The number of carbonyl (C=O) groups excluding carboxylic acids is 2. The highest BCUT2D eigenvalue weighted by Crippen LogP contribution is 2.23. The number of ether oxygens (including phenoxy) is 1. The molecule has 0 bridgehead atoms. The number of carbonyl (C=O) groups is 2. The molecule has 5 nitrogen and oxygen atoms in total. The van der Waals surface area contributed by atoms with E-state index < -0.39 is 0 Å². The summed E-state index contributed by atoms with van der Waals surface area (Å²) in [5.74, 6) is -0.477. The van der Waals surface area contributed by atoms with Gasteiger partial charge in [0.25, 0.3) is 0 Å². The molecular weight excluding hydrogens is 220 g/mol. The van der Waals surface area contributed by atoms with Crippen LogP contribution >= 0.6 is 0 Å². The number of nitrogens with two attached hydrogens (primary N) is 1. The van der Waals surface area contributed by atoms with E-state index in [0.29, 0.717) is 12.6 Å².